The van der Waals surface area contributed by atoms with Gasteiger partial charge in [0.15, 0.2) is 5.17 Å². The Balaban J connectivity index is 1.57. The first-order chi connectivity index (χ1) is 16.9. The number of urea groups is 1. The van der Waals surface area contributed by atoms with E-state index in [2.05, 4.69) is 15.5 Å². The van der Waals surface area contributed by atoms with Crippen molar-refractivity contribution in [3.8, 4) is 5.75 Å². The number of ether oxygens (including phenoxy) is 1. The molecule has 2 aromatic rings. The van der Waals surface area contributed by atoms with E-state index in [0.29, 0.717) is 23.6 Å². The monoisotopic (exact) mass is 493 g/mol. The van der Waals surface area contributed by atoms with Gasteiger partial charge in [-0.25, -0.2) is 9.79 Å². The van der Waals surface area contributed by atoms with Crippen molar-refractivity contribution in [2.24, 2.45) is 4.99 Å². The van der Waals surface area contributed by atoms with Crippen molar-refractivity contribution >= 4 is 40.2 Å². The van der Waals surface area contributed by atoms with E-state index in [-0.39, 0.29) is 18.0 Å². The van der Waals surface area contributed by atoms with Gasteiger partial charge in [0.2, 0.25) is 0 Å². The zero-order valence-corrected chi connectivity index (χ0v) is 21.3. The third-order valence-corrected chi connectivity index (χ3v) is 6.86. The van der Waals surface area contributed by atoms with E-state index >= 15 is 0 Å². The summed E-state index contributed by atoms with van der Waals surface area (Å²) in [5.74, 6) is 1.71. The first kappa shape index (κ1) is 24.7. The number of amides is 3. The normalized spacial score (nSPS) is 17.3. The van der Waals surface area contributed by atoms with Crippen LogP contribution in [0.25, 0.3) is 0 Å². The van der Waals surface area contributed by atoms with Crippen LogP contribution in [-0.4, -0.2) is 59.9 Å². The number of rotatable bonds is 6. The number of aliphatic imine (C=N–C) groups is 1. The summed E-state index contributed by atoms with van der Waals surface area (Å²) < 4.78 is 5.44. The molecule has 0 radical (unpaired) electrons. The van der Waals surface area contributed by atoms with Crippen molar-refractivity contribution in [2.45, 2.75) is 26.3 Å². The predicted molar refractivity (Wildman–Crippen MR) is 142 cm³/mol. The van der Waals surface area contributed by atoms with Gasteiger partial charge in [-0.2, -0.15) is 0 Å². The highest BCUT2D eigenvalue weighted by molar-refractivity contribution is 8.13. The molecular weight excluding hydrogens is 462 g/mol. The van der Waals surface area contributed by atoms with Gasteiger partial charge in [-0.05, 0) is 62.2 Å². The second-order valence-electron chi connectivity index (χ2n) is 8.55. The zero-order chi connectivity index (χ0) is 24.9. The number of likely N-dealkylation sites (N-methyl/N-ethyl adjacent to an activating group) is 1. The van der Waals surface area contributed by atoms with Crippen molar-refractivity contribution in [3.63, 3.8) is 0 Å². The molecule has 2 aromatic carbocycles. The Kier molecular flexibility index (Phi) is 7.65. The average molecular weight is 494 g/mol. The Bertz CT molecular complexity index is 1160. The van der Waals surface area contributed by atoms with Crippen LogP contribution >= 0.6 is 11.8 Å². The highest BCUT2D eigenvalue weighted by atomic mass is 32.2. The summed E-state index contributed by atoms with van der Waals surface area (Å²) in [6, 6.07) is 14.3. The number of nitrogens with zero attached hydrogens (tertiary/aromatic N) is 3. The van der Waals surface area contributed by atoms with Crippen LogP contribution in [0.4, 0.5) is 16.2 Å². The third kappa shape index (κ3) is 5.62. The number of nitrogens with one attached hydrogen (secondary N) is 2. The van der Waals surface area contributed by atoms with Crippen molar-refractivity contribution in [2.75, 3.05) is 43.6 Å². The lowest BCUT2D eigenvalue weighted by Crippen LogP contribution is -2.43. The molecule has 3 amide bonds. The van der Waals surface area contributed by atoms with E-state index in [0.717, 1.165) is 40.9 Å². The van der Waals surface area contributed by atoms with Gasteiger partial charge in [0.1, 0.15) is 5.75 Å². The molecule has 2 aliphatic rings. The molecule has 2 heterocycles. The highest BCUT2D eigenvalue weighted by Crippen LogP contribution is 2.40. The molecule has 4 rings (SSSR count). The maximum absolute atomic E-state index is 13.2. The lowest BCUT2D eigenvalue weighted by atomic mass is 9.93. The minimum absolute atomic E-state index is 0.0579. The third-order valence-electron chi connectivity index (χ3n) is 5.78. The van der Waals surface area contributed by atoms with Gasteiger partial charge in [-0.15, -0.1) is 0 Å². The summed E-state index contributed by atoms with van der Waals surface area (Å²) in [4.78, 5) is 34.4. The standard InChI is InChI=1S/C26H31N5O3S/c1-5-34-21-12-10-19(11-13-21)28-25(33)29-20-9-6-8-18(16-20)23-22(24(32)30(3)4)17(2)27-26-31(23)14-7-15-35-26/h6,8-13,16,23H,5,7,14-15H2,1-4H3,(H2,28,29,33). The van der Waals surface area contributed by atoms with E-state index < -0.39 is 0 Å². The Labute approximate surface area is 210 Å². The molecule has 2 N–H and O–H groups in total. The maximum atomic E-state index is 13.2. The maximum Gasteiger partial charge on any atom is 0.323 e. The lowest BCUT2D eigenvalue weighted by molar-refractivity contribution is -0.125. The van der Waals surface area contributed by atoms with Gasteiger partial charge in [0.05, 0.1) is 23.9 Å². The fourth-order valence-electron chi connectivity index (χ4n) is 4.21. The summed E-state index contributed by atoms with van der Waals surface area (Å²) in [5, 5.41) is 6.70. The van der Waals surface area contributed by atoms with Crippen LogP contribution in [0.5, 0.6) is 5.75 Å². The van der Waals surface area contributed by atoms with Crippen LogP contribution in [0.3, 0.4) is 0 Å². The van der Waals surface area contributed by atoms with E-state index in [1.807, 2.05) is 50.2 Å². The van der Waals surface area contributed by atoms with Gasteiger partial charge in [0.25, 0.3) is 5.91 Å². The number of hydrogen-bond acceptors (Lipinski definition) is 6. The van der Waals surface area contributed by atoms with Crippen molar-refractivity contribution in [1.82, 2.24) is 9.80 Å². The molecule has 2 aliphatic heterocycles. The molecule has 1 unspecified atom stereocenters. The number of carbonyl (C=O) groups is 2. The Morgan fingerprint density at radius 2 is 1.89 bits per heavy atom. The minimum atomic E-state index is -0.345. The number of anilines is 2. The number of thioether (sulfide) groups is 1. The first-order valence-corrected chi connectivity index (χ1v) is 12.7. The van der Waals surface area contributed by atoms with E-state index in [4.69, 9.17) is 9.73 Å². The molecule has 9 heteroatoms. The average Bonchev–Trinajstić information content (AvgIpc) is 2.84. The van der Waals surface area contributed by atoms with Crippen LogP contribution in [-0.2, 0) is 4.79 Å². The predicted octanol–water partition coefficient (Wildman–Crippen LogP) is 4.94. The van der Waals surface area contributed by atoms with Gasteiger partial charge < -0.3 is 25.2 Å². The van der Waals surface area contributed by atoms with Crippen LogP contribution in [0, 0.1) is 0 Å². The highest BCUT2D eigenvalue weighted by Gasteiger charge is 2.37. The molecule has 8 nitrogen and oxygen atoms in total. The largest absolute Gasteiger partial charge is 0.494 e. The Morgan fingerprint density at radius 3 is 2.60 bits per heavy atom. The molecule has 1 atom stereocenters. The molecule has 0 aliphatic carbocycles. The zero-order valence-electron chi connectivity index (χ0n) is 20.5. The summed E-state index contributed by atoms with van der Waals surface area (Å²) in [7, 11) is 3.51. The van der Waals surface area contributed by atoms with Crippen molar-refractivity contribution in [3.05, 3.63) is 65.4 Å². The van der Waals surface area contributed by atoms with Gasteiger partial charge in [-0.1, -0.05) is 23.9 Å². The number of carbonyl (C=O) groups excluding carboxylic acids is 2. The summed E-state index contributed by atoms with van der Waals surface area (Å²) >= 11 is 1.72. The van der Waals surface area contributed by atoms with E-state index in [1.165, 1.54) is 0 Å². The second-order valence-corrected chi connectivity index (χ2v) is 9.62. The van der Waals surface area contributed by atoms with Crippen LogP contribution in [0.1, 0.15) is 31.9 Å². The Morgan fingerprint density at radius 1 is 1.14 bits per heavy atom. The fourth-order valence-corrected chi connectivity index (χ4v) is 5.23. The van der Waals surface area contributed by atoms with Crippen LogP contribution in [0.2, 0.25) is 0 Å². The van der Waals surface area contributed by atoms with Crippen LogP contribution < -0.4 is 15.4 Å². The number of amidine groups is 1. The second kappa shape index (κ2) is 10.9. The van der Waals surface area contributed by atoms with Crippen molar-refractivity contribution in [1.29, 1.82) is 0 Å². The van der Waals surface area contributed by atoms with Gasteiger partial charge in [-0.3, -0.25) is 4.79 Å². The topological polar surface area (TPSA) is 86.3 Å². The van der Waals surface area contributed by atoms with Gasteiger partial charge >= 0.3 is 6.03 Å². The lowest BCUT2D eigenvalue weighted by Gasteiger charge is -2.41. The fraction of sp³-hybridized carbons (Fsp3) is 0.346. The molecule has 184 valence electrons. The molecule has 35 heavy (non-hydrogen) atoms. The molecular formula is C26H31N5O3S. The van der Waals surface area contributed by atoms with Gasteiger partial charge in [0, 0.05) is 37.8 Å². The SMILES string of the molecule is CCOc1ccc(NC(=O)Nc2cccc(C3C(C(=O)N(C)C)=C(C)N=C4SCCCN43)c2)cc1. The molecule has 0 bridgehead atoms. The number of allylic oxidation sites excluding steroid dienone is 1. The molecule has 0 spiro atoms. The van der Waals surface area contributed by atoms with E-state index in [1.54, 1.807) is 42.9 Å². The molecule has 1 fully saturated rings. The molecule has 1 saturated heterocycles. The summed E-state index contributed by atoms with van der Waals surface area (Å²) in [6.07, 6.45) is 1.02. The summed E-state index contributed by atoms with van der Waals surface area (Å²) in [6.45, 7) is 5.24. The van der Waals surface area contributed by atoms with Crippen molar-refractivity contribution < 1.29 is 14.3 Å². The quantitative estimate of drug-likeness (QED) is 0.595. The number of hydrogen-bond donors (Lipinski definition) is 2. The van der Waals surface area contributed by atoms with Crippen LogP contribution in [0.15, 0.2) is 64.8 Å². The Hall–Kier alpha value is -3.46. The minimum Gasteiger partial charge on any atom is -0.494 e. The molecule has 0 aromatic heterocycles. The first-order valence-electron chi connectivity index (χ1n) is 11.7. The number of fused-ring (bicyclic) bond motifs is 1. The smallest absolute Gasteiger partial charge is 0.323 e. The summed E-state index contributed by atoms with van der Waals surface area (Å²) in [5.41, 5.74) is 3.65. The number of benzene rings is 2. The van der Waals surface area contributed by atoms with E-state index in [9.17, 15) is 9.59 Å². The molecule has 0 saturated carbocycles.